The quantitative estimate of drug-likeness (QED) is 0.922. The molecule has 2 unspecified atom stereocenters. The predicted molar refractivity (Wildman–Crippen MR) is 84.0 cm³/mol. The number of rotatable bonds is 4. The maximum Gasteiger partial charge on any atom is 0.127 e. The number of likely N-dealkylation sites (tertiary alicyclic amines) is 1. The third-order valence-corrected chi connectivity index (χ3v) is 4.86. The molecule has 21 heavy (non-hydrogen) atoms. The average molecular weight is 290 g/mol. The van der Waals surface area contributed by atoms with E-state index >= 15 is 0 Å². The molecule has 116 valence electrons. The van der Waals surface area contributed by atoms with E-state index in [1.54, 1.807) is 14.2 Å². The molecule has 0 aromatic heterocycles. The third kappa shape index (κ3) is 3.33. The minimum Gasteiger partial charge on any atom is -0.497 e. The Morgan fingerprint density at radius 1 is 1.24 bits per heavy atom. The lowest BCUT2D eigenvalue weighted by atomic mass is 9.85. The number of methoxy groups -OCH3 is 2. The molecule has 4 heteroatoms. The Hall–Kier alpha value is -1.26. The summed E-state index contributed by atoms with van der Waals surface area (Å²) in [6.07, 6.45) is 3.96. The van der Waals surface area contributed by atoms with E-state index in [4.69, 9.17) is 9.47 Å². The minimum atomic E-state index is 0.743. The van der Waals surface area contributed by atoms with Gasteiger partial charge in [0.2, 0.25) is 0 Å². The molecule has 2 atom stereocenters. The molecule has 1 aromatic carbocycles. The standard InChI is InChI=1S/C17H26N2O2/c1-20-15-6-5-14(17(10-15)21-2)12-19-9-7-16-13(11-19)4-3-8-18-16/h5-6,10,13,16,18H,3-4,7-9,11-12H2,1-2H3. The van der Waals surface area contributed by atoms with Gasteiger partial charge in [-0.25, -0.2) is 0 Å². The van der Waals surface area contributed by atoms with Crippen LogP contribution in [-0.2, 0) is 6.54 Å². The van der Waals surface area contributed by atoms with Crippen LogP contribution in [0.1, 0.15) is 24.8 Å². The van der Waals surface area contributed by atoms with Crippen molar-refractivity contribution in [3.63, 3.8) is 0 Å². The van der Waals surface area contributed by atoms with E-state index in [9.17, 15) is 0 Å². The first kappa shape index (κ1) is 14.7. The van der Waals surface area contributed by atoms with E-state index in [1.807, 2.05) is 12.1 Å². The SMILES string of the molecule is COc1ccc(CN2CCC3NCCCC3C2)c(OC)c1. The van der Waals surface area contributed by atoms with Gasteiger partial charge in [0.05, 0.1) is 14.2 Å². The van der Waals surface area contributed by atoms with Gasteiger partial charge in [0.15, 0.2) is 0 Å². The van der Waals surface area contributed by atoms with E-state index in [-0.39, 0.29) is 0 Å². The number of ether oxygens (including phenoxy) is 2. The van der Waals surface area contributed by atoms with Crippen LogP contribution >= 0.6 is 0 Å². The highest BCUT2D eigenvalue weighted by atomic mass is 16.5. The van der Waals surface area contributed by atoms with E-state index in [1.165, 1.54) is 44.5 Å². The van der Waals surface area contributed by atoms with Gasteiger partial charge in [-0.2, -0.15) is 0 Å². The van der Waals surface area contributed by atoms with Gasteiger partial charge in [-0.1, -0.05) is 6.07 Å². The zero-order valence-corrected chi connectivity index (χ0v) is 13.1. The first-order valence-electron chi connectivity index (χ1n) is 7.97. The number of benzene rings is 1. The Bertz CT molecular complexity index is 478. The molecular weight excluding hydrogens is 264 g/mol. The minimum absolute atomic E-state index is 0.743. The molecule has 0 bridgehead atoms. The van der Waals surface area contributed by atoms with Crippen LogP contribution < -0.4 is 14.8 Å². The molecule has 2 fully saturated rings. The molecule has 0 amide bonds. The van der Waals surface area contributed by atoms with Crippen LogP contribution in [0.2, 0.25) is 0 Å². The van der Waals surface area contributed by atoms with E-state index in [0.29, 0.717) is 0 Å². The highest BCUT2D eigenvalue weighted by Gasteiger charge is 2.31. The number of hydrogen-bond acceptors (Lipinski definition) is 4. The molecule has 0 spiro atoms. The Labute approximate surface area is 127 Å². The number of fused-ring (bicyclic) bond motifs is 1. The monoisotopic (exact) mass is 290 g/mol. The summed E-state index contributed by atoms with van der Waals surface area (Å²) in [4.78, 5) is 2.57. The van der Waals surface area contributed by atoms with E-state index in [2.05, 4.69) is 16.3 Å². The van der Waals surface area contributed by atoms with Crippen LogP contribution in [-0.4, -0.2) is 44.8 Å². The first-order chi connectivity index (χ1) is 10.3. The molecule has 2 heterocycles. The normalized spacial score (nSPS) is 26.2. The van der Waals surface area contributed by atoms with Gasteiger partial charge in [0, 0.05) is 30.8 Å². The zero-order chi connectivity index (χ0) is 14.7. The molecule has 0 saturated carbocycles. The fraction of sp³-hybridized carbons (Fsp3) is 0.647. The van der Waals surface area contributed by atoms with E-state index in [0.717, 1.165) is 30.0 Å². The maximum absolute atomic E-state index is 5.52. The van der Waals surface area contributed by atoms with Crippen LogP contribution in [0, 0.1) is 5.92 Å². The molecular formula is C17H26N2O2. The van der Waals surface area contributed by atoms with Crippen molar-refractivity contribution in [1.82, 2.24) is 10.2 Å². The Morgan fingerprint density at radius 3 is 2.95 bits per heavy atom. The highest BCUT2D eigenvalue weighted by Crippen LogP contribution is 2.29. The lowest BCUT2D eigenvalue weighted by Gasteiger charge is -2.42. The molecule has 2 aliphatic rings. The Morgan fingerprint density at radius 2 is 2.14 bits per heavy atom. The van der Waals surface area contributed by atoms with Crippen LogP contribution in [0.4, 0.5) is 0 Å². The molecule has 0 aliphatic carbocycles. The second kappa shape index (κ2) is 6.67. The Kier molecular flexibility index (Phi) is 4.66. The van der Waals surface area contributed by atoms with Gasteiger partial charge in [0.1, 0.15) is 11.5 Å². The number of nitrogens with zero attached hydrogens (tertiary/aromatic N) is 1. The number of piperidine rings is 2. The van der Waals surface area contributed by atoms with Crippen molar-refractivity contribution in [1.29, 1.82) is 0 Å². The van der Waals surface area contributed by atoms with Crippen molar-refractivity contribution in [3.8, 4) is 11.5 Å². The molecule has 2 saturated heterocycles. The second-order valence-corrected chi connectivity index (χ2v) is 6.16. The van der Waals surface area contributed by atoms with Gasteiger partial charge in [-0.15, -0.1) is 0 Å². The molecule has 3 rings (SSSR count). The summed E-state index contributed by atoms with van der Waals surface area (Å²) in [7, 11) is 3.42. The lowest BCUT2D eigenvalue weighted by molar-refractivity contribution is 0.108. The van der Waals surface area contributed by atoms with Crippen molar-refractivity contribution < 1.29 is 9.47 Å². The zero-order valence-electron chi connectivity index (χ0n) is 13.1. The van der Waals surface area contributed by atoms with Gasteiger partial charge >= 0.3 is 0 Å². The second-order valence-electron chi connectivity index (χ2n) is 6.16. The fourth-order valence-electron chi connectivity index (χ4n) is 3.69. The fourth-order valence-corrected chi connectivity index (χ4v) is 3.69. The van der Waals surface area contributed by atoms with Gasteiger partial charge in [0.25, 0.3) is 0 Å². The van der Waals surface area contributed by atoms with Crippen molar-refractivity contribution in [2.45, 2.75) is 31.8 Å². The van der Waals surface area contributed by atoms with Crippen molar-refractivity contribution in [2.75, 3.05) is 33.9 Å². The summed E-state index contributed by atoms with van der Waals surface area (Å²) in [6.45, 7) is 4.54. The molecule has 4 nitrogen and oxygen atoms in total. The summed E-state index contributed by atoms with van der Waals surface area (Å²) < 4.78 is 10.8. The predicted octanol–water partition coefficient (Wildman–Crippen LogP) is 2.28. The van der Waals surface area contributed by atoms with E-state index < -0.39 is 0 Å². The molecule has 1 N–H and O–H groups in total. The van der Waals surface area contributed by atoms with Crippen molar-refractivity contribution in [2.24, 2.45) is 5.92 Å². The van der Waals surface area contributed by atoms with Crippen LogP contribution in [0.25, 0.3) is 0 Å². The maximum atomic E-state index is 5.52. The first-order valence-corrected chi connectivity index (χ1v) is 7.97. The largest absolute Gasteiger partial charge is 0.497 e. The molecule has 1 aromatic rings. The van der Waals surface area contributed by atoms with Gasteiger partial charge < -0.3 is 14.8 Å². The van der Waals surface area contributed by atoms with Crippen molar-refractivity contribution in [3.05, 3.63) is 23.8 Å². The van der Waals surface area contributed by atoms with Crippen molar-refractivity contribution >= 4 is 0 Å². The summed E-state index contributed by atoms with van der Waals surface area (Å²) in [5.74, 6) is 2.60. The summed E-state index contributed by atoms with van der Waals surface area (Å²) in [6, 6.07) is 6.87. The van der Waals surface area contributed by atoms with Crippen LogP contribution in [0.15, 0.2) is 18.2 Å². The third-order valence-electron chi connectivity index (χ3n) is 4.86. The smallest absolute Gasteiger partial charge is 0.127 e. The summed E-state index contributed by atoms with van der Waals surface area (Å²) >= 11 is 0. The van der Waals surface area contributed by atoms with Gasteiger partial charge in [-0.05, 0) is 44.3 Å². The molecule has 2 aliphatic heterocycles. The lowest BCUT2D eigenvalue weighted by Crippen LogP contribution is -2.51. The topological polar surface area (TPSA) is 33.7 Å². The Balaban J connectivity index is 1.66. The highest BCUT2D eigenvalue weighted by molar-refractivity contribution is 5.40. The number of nitrogens with one attached hydrogen (secondary N) is 1. The van der Waals surface area contributed by atoms with Crippen LogP contribution in [0.5, 0.6) is 11.5 Å². The summed E-state index contributed by atoms with van der Waals surface area (Å²) in [5, 5.41) is 3.68. The van der Waals surface area contributed by atoms with Gasteiger partial charge in [-0.3, -0.25) is 4.90 Å². The molecule has 0 radical (unpaired) electrons. The number of hydrogen-bond donors (Lipinski definition) is 1. The average Bonchev–Trinajstić information content (AvgIpc) is 2.55. The summed E-state index contributed by atoms with van der Waals surface area (Å²) in [5.41, 5.74) is 1.25. The van der Waals surface area contributed by atoms with Crippen LogP contribution in [0.3, 0.4) is 0 Å².